The third-order valence-corrected chi connectivity index (χ3v) is 1.89. The van der Waals surface area contributed by atoms with Crippen LogP contribution < -0.4 is 0 Å². The van der Waals surface area contributed by atoms with Crippen molar-refractivity contribution in [3.05, 3.63) is 0 Å². The lowest BCUT2D eigenvalue weighted by Gasteiger charge is -2.25. The van der Waals surface area contributed by atoms with E-state index in [9.17, 15) is 4.46 Å². The maximum atomic E-state index is 10.1. The first-order chi connectivity index (χ1) is 3.83. The predicted octanol–water partition coefficient (Wildman–Crippen LogP) is 0.575. The van der Waals surface area contributed by atoms with Gasteiger partial charge in [-0.3, -0.25) is 4.46 Å². The molecule has 46 valence electrons. The fourth-order valence-electron chi connectivity index (χ4n) is 0.577. The monoisotopic (exact) mass is 132 g/mol. The summed E-state index contributed by atoms with van der Waals surface area (Å²) in [6.45, 7) is 2.03. The molecule has 0 amide bonds. The molecule has 1 rings (SSSR count). The third kappa shape index (κ3) is 1.06. The molecular formula is C4H8O3Si. The Balaban J connectivity index is 2.06. The zero-order valence-electron chi connectivity index (χ0n) is 4.72. The zero-order chi connectivity index (χ0) is 5.98. The molecule has 8 heavy (non-hydrogen) atoms. The highest BCUT2D eigenvalue weighted by Gasteiger charge is 2.32. The fraction of sp³-hybridized carbons (Fsp3) is 1.00. The van der Waals surface area contributed by atoms with E-state index in [0.717, 1.165) is 12.8 Å². The summed E-state index contributed by atoms with van der Waals surface area (Å²) in [4.78, 5) is 0. The lowest BCUT2D eigenvalue weighted by molar-refractivity contribution is -0.126. The molecular weight excluding hydrogens is 124 g/mol. The molecule has 0 N–H and O–H groups in total. The molecule has 3 nitrogen and oxygen atoms in total. The van der Waals surface area contributed by atoms with Crippen molar-refractivity contribution >= 4 is 9.17 Å². The Labute approximate surface area is 49.5 Å². The largest absolute Gasteiger partial charge is 0.772 e. The van der Waals surface area contributed by atoms with Crippen molar-refractivity contribution in [1.82, 2.24) is 0 Å². The number of hydrogen-bond donors (Lipinski definition) is 0. The molecule has 0 aromatic rings. The molecule has 0 saturated carbocycles. The van der Waals surface area contributed by atoms with Crippen LogP contribution in [0.2, 0.25) is 0 Å². The zero-order valence-corrected chi connectivity index (χ0v) is 5.72. The topological polar surface area (TPSA) is 35.5 Å². The van der Waals surface area contributed by atoms with Crippen molar-refractivity contribution in [2.45, 2.75) is 26.1 Å². The summed E-state index contributed by atoms with van der Waals surface area (Å²) < 4.78 is 19.5. The first kappa shape index (κ1) is 5.75. The molecule has 1 aliphatic heterocycles. The van der Waals surface area contributed by atoms with Crippen LogP contribution in [0.4, 0.5) is 0 Å². The SMILES string of the molecule is CCCC1O[Si](=O)O1. The van der Waals surface area contributed by atoms with Crippen LogP contribution in [0.25, 0.3) is 0 Å². The quantitative estimate of drug-likeness (QED) is 0.515. The molecule has 1 heterocycles. The first-order valence-corrected chi connectivity index (χ1v) is 3.92. The van der Waals surface area contributed by atoms with E-state index >= 15 is 0 Å². The van der Waals surface area contributed by atoms with Gasteiger partial charge in [0.15, 0.2) is 0 Å². The van der Waals surface area contributed by atoms with Gasteiger partial charge in [0, 0.05) is 6.42 Å². The third-order valence-electron chi connectivity index (χ3n) is 0.980. The van der Waals surface area contributed by atoms with E-state index < -0.39 is 9.17 Å². The van der Waals surface area contributed by atoms with Crippen molar-refractivity contribution in [3.63, 3.8) is 0 Å². The van der Waals surface area contributed by atoms with Gasteiger partial charge in [0.1, 0.15) is 0 Å². The summed E-state index contributed by atoms with van der Waals surface area (Å²) in [6, 6.07) is 0. The maximum absolute atomic E-state index is 10.1. The van der Waals surface area contributed by atoms with Gasteiger partial charge in [0.25, 0.3) is 0 Å². The summed E-state index contributed by atoms with van der Waals surface area (Å²) in [5.74, 6) is 0. The average Bonchev–Trinajstić information content (AvgIpc) is 1.64. The fourth-order valence-corrected chi connectivity index (χ4v) is 1.26. The Bertz CT molecular complexity index is 95.5. The summed E-state index contributed by atoms with van der Waals surface area (Å²) in [7, 11) is -2.01. The van der Waals surface area contributed by atoms with Gasteiger partial charge in [0.05, 0.1) is 0 Å². The van der Waals surface area contributed by atoms with Crippen LogP contribution in [-0.4, -0.2) is 15.5 Å². The summed E-state index contributed by atoms with van der Waals surface area (Å²) in [6.07, 6.45) is 1.71. The molecule has 0 bridgehead atoms. The molecule has 1 fully saturated rings. The Morgan fingerprint density at radius 2 is 2.25 bits per heavy atom. The minimum Gasteiger partial charge on any atom is -0.461 e. The Morgan fingerprint density at radius 3 is 2.62 bits per heavy atom. The number of hydrogen-bond acceptors (Lipinski definition) is 3. The highest BCUT2D eigenvalue weighted by atomic mass is 28.3. The molecule has 0 atom stereocenters. The molecule has 0 radical (unpaired) electrons. The molecule has 0 aromatic heterocycles. The average molecular weight is 132 g/mol. The van der Waals surface area contributed by atoms with E-state index in [2.05, 4.69) is 0 Å². The normalized spacial score (nSPS) is 18.9. The van der Waals surface area contributed by atoms with E-state index in [1.54, 1.807) is 0 Å². The van der Waals surface area contributed by atoms with Crippen LogP contribution in [0, 0.1) is 0 Å². The van der Waals surface area contributed by atoms with E-state index in [0.29, 0.717) is 0 Å². The summed E-state index contributed by atoms with van der Waals surface area (Å²) in [5.41, 5.74) is 0. The minimum absolute atomic E-state index is 0.161. The van der Waals surface area contributed by atoms with Gasteiger partial charge < -0.3 is 8.85 Å². The molecule has 1 saturated heterocycles. The van der Waals surface area contributed by atoms with E-state index in [-0.39, 0.29) is 6.29 Å². The van der Waals surface area contributed by atoms with E-state index in [4.69, 9.17) is 8.85 Å². The second-order valence-electron chi connectivity index (χ2n) is 1.70. The van der Waals surface area contributed by atoms with Crippen LogP contribution >= 0.6 is 0 Å². The Hall–Kier alpha value is -0.383. The minimum atomic E-state index is -2.01. The first-order valence-electron chi connectivity index (χ1n) is 2.70. The van der Waals surface area contributed by atoms with Crippen LogP contribution in [0.15, 0.2) is 0 Å². The highest BCUT2D eigenvalue weighted by molar-refractivity contribution is 6.28. The lowest BCUT2D eigenvalue weighted by atomic mass is 10.3. The second-order valence-corrected chi connectivity index (χ2v) is 2.68. The molecule has 0 aliphatic carbocycles. The van der Waals surface area contributed by atoms with Gasteiger partial charge >= 0.3 is 9.17 Å². The summed E-state index contributed by atoms with van der Waals surface area (Å²) >= 11 is 0. The smallest absolute Gasteiger partial charge is 0.461 e. The van der Waals surface area contributed by atoms with Crippen LogP contribution in [0.5, 0.6) is 0 Å². The Kier molecular flexibility index (Phi) is 1.62. The lowest BCUT2D eigenvalue weighted by Crippen LogP contribution is -2.38. The van der Waals surface area contributed by atoms with E-state index in [1.807, 2.05) is 6.92 Å². The van der Waals surface area contributed by atoms with Gasteiger partial charge in [-0.2, -0.15) is 0 Å². The van der Waals surface area contributed by atoms with Crippen LogP contribution in [-0.2, 0) is 13.3 Å². The predicted molar refractivity (Wildman–Crippen MR) is 27.3 cm³/mol. The van der Waals surface area contributed by atoms with Gasteiger partial charge in [-0.05, 0) is 6.42 Å². The van der Waals surface area contributed by atoms with Crippen LogP contribution in [0.3, 0.4) is 0 Å². The highest BCUT2D eigenvalue weighted by Crippen LogP contribution is 2.12. The maximum Gasteiger partial charge on any atom is 0.772 e. The molecule has 0 spiro atoms. The molecule has 4 heteroatoms. The molecule has 0 unspecified atom stereocenters. The van der Waals surface area contributed by atoms with Gasteiger partial charge in [-0.15, -0.1) is 0 Å². The Morgan fingerprint density at radius 1 is 1.62 bits per heavy atom. The van der Waals surface area contributed by atoms with Crippen LogP contribution in [0.1, 0.15) is 19.8 Å². The van der Waals surface area contributed by atoms with Crippen molar-refractivity contribution in [2.24, 2.45) is 0 Å². The summed E-state index contributed by atoms with van der Waals surface area (Å²) in [5, 5.41) is 0. The van der Waals surface area contributed by atoms with E-state index in [1.165, 1.54) is 0 Å². The van der Waals surface area contributed by atoms with Gasteiger partial charge in [-0.25, -0.2) is 0 Å². The van der Waals surface area contributed by atoms with Crippen molar-refractivity contribution in [3.8, 4) is 0 Å². The van der Waals surface area contributed by atoms with Gasteiger partial charge in [0.2, 0.25) is 6.29 Å². The van der Waals surface area contributed by atoms with Gasteiger partial charge in [-0.1, -0.05) is 6.92 Å². The van der Waals surface area contributed by atoms with Crippen molar-refractivity contribution in [1.29, 1.82) is 0 Å². The van der Waals surface area contributed by atoms with Crippen molar-refractivity contribution in [2.75, 3.05) is 0 Å². The molecule has 0 aromatic carbocycles. The second kappa shape index (κ2) is 2.26. The molecule has 1 aliphatic rings. The van der Waals surface area contributed by atoms with Crippen molar-refractivity contribution < 1.29 is 13.3 Å². The number of rotatable bonds is 2. The standard InChI is InChI=1S/C4H8O3Si/c1-2-3-4-6-8(5)7-4/h4H,2-3H2,1H3.